The minimum atomic E-state index is 0.143. The van der Waals surface area contributed by atoms with Gasteiger partial charge < -0.3 is 20.3 Å². The van der Waals surface area contributed by atoms with Crippen LogP contribution in [0.3, 0.4) is 0 Å². The SMILES string of the molecule is CN=C(NCCCC(=O)NC1CC1)N(C)CCOc1ccc(Cl)cc1. The van der Waals surface area contributed by atoms with Gasteiger partial charge >= 0.3 is 0 Å². The Balaban J connectivity index is 1.59. The number of aliphatic imine (C=N–C) groups is 1. The maximum atomic E-state index is 11.6. The number of nitrogens with one attached hydrogen (secondary N) is 2. The zero-order valence-corrected chi connectivity index (χ0v) is 15.7. The van der Waals surface area contributed by atoms with Gasteiger partial charge in [0.25, 0.3) is 0 Å². The minimum Gasteiger partial charge on any atom is -0.492 e. The number of hydrogen-bond acceptors (Lipinski definition) is 3. The average Bonchev–Trinajstić information content (AvgIpc) is 3.40. The Morgan fingerprint density at radius 2 is 2.08 bits per heavy atom. The van der Waals surface area contributed by atoms with E-state index in [4.69, 9.17) is 16.3 Å². The third-order valence-electron chi connectivity index (χ3n) is 3.89. The first-order chi connectivity index (χ1) is 12.1. The molecule has 1 aliphatic rings. The van der Waals surface area contributed by atoms with E-state index in [1.54, 1.807) is 19.2 Å². The van der Waals surface area contributed by atoms with Crippen LogP contribution in [-0.4, -0.2) is 56.6 Å². The Labute approximate surface area is 154 Å². The summed E-state index contributed by atoms with van der Waals surface area (Å²) in [5, 5.41) is 6.96. The van der Waals surface area contributed by atoms with Crippen LogP contribution in [0.2, 0.25) is 5.02 Å². The van der Waals surface area contributed by atoms with Crippen LogP contribution < -0.4 is 15.4 Å². The number of amides is 1. The van der Waals surface area contributed by atoms with Crippen LogP contribution in [0.15, 0.2) is 29.3 Å². The van der Waals surface area contributed by atoms with Crippen molar-refractivity contribution in [3.05, 3.63) is 29.3 Å². The van der Waals surface area contributed by atoms with Gasteiger partial charge in [0.15, 0.2) is 5.96 Å². The maximum absolute atomic E-state index is 11.6. The van der Waals surface area contributed by atoms with E-state index in [2.05, 4.69) is 15.6 Å². The highest BCUT2D eigenvalue weighted by molar-refractivity contribution is 6.30. The second-order valence-corrected chi connectivity index (χ2v) is 6.58. The first-order valence-corrected chi connectivity index (χ1v) is 9.06. The molecule has 0 aliphatic heterocycles. The third kappa shape index (κ3) is 7.65. The molecule has 1 aromatic rings. The monoisotopic (exact) mass is 366 g/mol. The first-order valence-electron chi connectivity index (χ1n) is 8.68. The second kappa shape index (κ2) is 10.1. The summed E-state index contributed by atoms with van der Waals surface area (Å²) in [5.41, 5.74) is 0. The van der Waals surface area contributed by atoms with Gasteiger partial charge in [-0.05, 0) is 43.5 Å². The Hall–Kier alpha value is -1.95. The standard InChI is InChI=1S/C18H27ClN4O2/c1-20-18(21-11-3-4-17(24)22-15-7-8-15)23(2)12-13-25-16-9-5-14(19)6-10-16/h5-6,9-10,15H,3-4,7-8,11-13H2,1-2H3,(H,20,21)(H,22,24). The number of halogens is 1. The Morgan fingerprint density at radius 3 is 2.72 bits per heavy atom. The Kier molecular flexibility index (Phi) is 7.85. The predicted octanol–water partition coefficient (Wildman–Crippen LogP) is 2.28. The van der Waals surface area contributed by atoms with E-state index in [9.17, 15) is 4.79 Å². The number of rotatable bonds is 9. The molecule has 1 aromatic carbocycles. The molecule has 25 heavy (non-hydrogen) atoms. The number of carbonyl (C=O) groups is 1. The van der Waals surface area contributed by atoms with Crippen molar-refractivity contribution in [2.45, 2.75) is 31.7 Å². The highest BCUT2D eigenvalue weighted by Gasteiger charge is 2.22. The van der Waals surface area contributed by atoms with Gasteiger partial charge in [-0.1, -0.05) is 11.6 Å². The van der Waals surface area contributed by atoms with Crippen molar-refractivity contribution < 1.29 is 9.53 Å². The number of guanidine groups is 1. The maximum Gasteiger partial charge on any atom is 0.220 e. The smallest absolute Gasteiger partial charge is 0.220 e. The Bertz CT molecular complexity index is 573. The quantitative estimate of drug-likeness (QED) is 0.400. The van der Waals surface area contributed by atoms with Crippen molar-refractivity contribution in [2.24, 2.45) is 4.99 Å². The predicted molar refractivity (Wildman–Crippen MR) is 101 cm³/mol. The van der Waals surface area contributed by atoms with Crippen LogP contribution in [0.1, 0.15) is 25.7 Å². The molecule has 0 saturated heterocycles. The van der Waals surface area contributed by atoms with Gasteiger partial charge in [0, 0.05) is 38.1 Å². The second-order valence-electron chi connectivity index (χ2n) is 6.14. The van der Waals surface area contributed by atoms with E-state index in [-0.39, 0.29) is 5.91 Å². The molecule has 6 nitrogen and oxygen atoms in total. The van der Waals surface area contributed by atoms with Gasteiger partial charge in [0.1, 0.15) is 12.4 Å². The van der Waals surface area contributed by atoms with Crippen molar-refractivity contribution >= 4 is 23.5 Å². The molecular formula is C18H27ClN4O2. The lowest BCUT2D eigenvalue weighted by molar-refractivity contribution is -0.121. The third-order valence-corrected chi connectivity index (χ3v) is 4.14. The fraction of sp³-hybridized carbons (Fsp3) is 0.556. The van der Waals surface area contributed by atoms with Crippen molar-refractivity contribution in [1.82, 2.24) is 15.5 Å². The van der Waals surface area contributed by atoms with E-state index in [0.29, 0.717) is 37.2 Å². The van der Waals surface area contributed by atoms with E-state index >= 15 is 0 Å². The van der Waals surface area contributed by atoms with Gasteiger partial charge in [-0.15, -0.1) is 0 Å². The molecule has 0 aromatic heterocycles. The van der Waals surface area contributed by atoms with Crippen LogP contribution >= 0.6 is 11.6 Å². The summed E-state index contributed by atoms with van der Waals surface area (Å²) in [6, 6.07) is 7.74. The first kappa shape index (κ1) is 19.4. The molecule has 2 rings (SSSR count). The van der Waals surface area contributed by atoms with E-state index in [1.165, 1.54) is 0 Å². The summed E-state index contributed by atoms with van der Waals surface area (Å²) in [7, 11) is 3.71. The van der Waals surface area contributed by atoms with Gasteiger partial charge in [0.2, 0.25) is 5.91 Å². The number of benzene rings is 1. The van der Waals surface area contributed by atoms with Crippen molar-refractivity contribution in [3.8, 4) is 5.75 Å². The largest absolute Gasteiger partial charge is 0.492 e. The molecule has 1 aliphatic carbocycles. The highest BCUT2D eigenvalue weighted by atomic mass is 35.5. The summed E-state index contributed by atoms with van der Waals surface area (Å²) >= 11 is 5.85. The van der Waals surface area contributed by atoms with Crippen molar-refractivity contribution in [3.63, 3.8) is 0 Å². The minimum absolute atomic E-state index is 0.143. The van der Waals surface area contributed by atoms with Crippen LogP contribution in [0, 0.1) is 0 Å². The lowest BCUT2D eigenvalue weighted by Crippen LogP contribution is -2.41. The average molecular weight is 367 g/mol. The van der Waals surface area contributed by atoms with Crippen molar-refractivity contribution in [1.29, 1.82) is 0 Å². The molecule has 0 bridgehead atoms. The number of carbonyl (C=O) groups excluding carboxylic acids is 1. The van der Waals surface area contributed by atoms with Crippen LogP contribution in [-0.2, 0) is 4.79 Å². The lowest BCUT2D eigenvalue weighted by Gasteiger charge is -2.22. The number of ether oxygens (including phenoxy) is 1. The summed E-state index contributed by atoms with van der Waals surface area (Å²) < 4.78 is 5.69. The summed E-state index contributed by atoms with van der Waals surface area (Å²) in [4.78, 5) is 17.9. The summed E-state index contributed by atoms with van der Waals surface area (Å²) in [6.07, 6.45) is 3.58. The fourth-order valence-electron chi connectivity index (χ4n) is 2.30. The zero-order chi connectivity index (χ0) is 18.1. The van der Waals surface area contributed by atoms with E-state index < -0.39 is 0 Å². The molecule has 0 radical (unpaired) electrons. The van der Waals surface area contributed by atoms with Crippen LogP contribution in [0.5, 0.6) is 5.75 Å². The van der Waals surface area contributed by atoms with Gasteiger partial charge in [-0.25, -0.2) is 0 Å². The number of hydrogen-bond donors (Lipinski definition) is 2. The molecule has 0 spiro atoms. The van der Waals surface area contributed by atoms with Gasteiger partial charge in [-0.3, -0.25) is 9.79 Å². The lowest BCUT2D eigenvalue weighted by atomic mass is 10.3. The zero-order valence-electron chi connectivity index (χ0n) is 14.9. The fourth-order valence-corrected chi connectivity index (χ4v) is 2.42. The molecule has 7 heteroatoms. The summed E-state index contributed by atoms with van der Waals surface area (Å²) in [6.45, 7) is 1.96. The Morgan fingerprint density at radius 1 is 1.36 bits per heavy atom. The molecule has 138 valence electrons. The van der Waals surface area contributed by atoms with E-state index in [0.717, 1.165) is 31.0 Å². The van der Waals surface area contributed by atoms with Gasteiger partial charge in [-0.2, -0.15) is 0 Å². The molecular weight excluding hydrogens is 340 g/mol. The molecule has 0 atom stereocenters. The summed E-state index contributed by atoms with van der Waals surface area (Å²) in [5.74, 6) is 1.73. The topological polar surface area (TPSA) is 66.0 Å². The molecule has 0 unspecified atom stereocenters. The van der Waals surface area contributed by atoms with Gasteiger partial charge in [0.05, 0.1) is 6.54 Å². The van der Waals surface area contributed by atoms with Crippen LogP contribution in [0.4, 0.5) is 0 Å². The number of likely N-dealkylation sites (N-methyl/N-ethyl adjacent to an activating group) is 1. The molecule has 2 N–H and O–H groups in total. The number of nitrogens with zero attached hydrogens (tertiary/aromatic N) is 2. The van der Waals surface area contributed by atoms with Crippen LogP contribution in [0.25, 0.3) is 0 Å². The molecule has 1 amide bonds. The normalized spacial score (nSPS) is 14.1. The van der Waals surface area contributed by atoms with Crippen molar-refractivity contribution in [2.75, 3.05) is 33.8 Å². The molecule has 1 saturated carbocycles. The highest BCUT2D eigenvalue weighted by Crippen LogP contribution is 2.18. The molecule has 0 heterocycles. The van der Waals surface area contributed by atoms with E-state index in [1.807, 2.05) is 24.1 Å². The molecule has 1 fully saturated rings.